The molecular weight excluding hydrogens is 412 g/mol. The van der Waals surface area contributed by atoms with E-state index < -0.39 is 5.60 Å². The number of aromatic amines is 1. The number of hydrogen-bond acceptors (Lipinski definition) is 5. The molecule has 0 aliphatic rings. The molecule has 0 fully saturated rings. The predicted octanol–water partition coefficient (Wildman–Crippen LogP) is 4.01. The summed E-state index contributed by atoms with van der Waals surface area (Å²) in [7, 11) is 0. The average molecular weight is 431 g/mol. The van der Waals surface area contributed by atoms with Crippen LogP contribution in [0.4, 0.5) is 0 Å². The summed E-state index contributed by atoms with van der Waals surface area (Å²) in [5.74, 6) is 0.394. The third-order valence-corrected chi connectivity index (χ3v) is 5.77. The number of tetrazole rings is 1. The largest absolute Gasteiger partial charge is 0.374 e. The Hall–Kier alpha value is -3.55. The highest BCUT2D eigenvalue weighted by Gasteiger charge is 2.38. The first kappa shape index (κ1) is 19.4. The molecule has 7 nitrogen and oxygen atoms in total. The fourth-order valence-electron chi connectivity index (χ4n) is 3.98. The van der Waals surface area contributed by atoms with Gasteiger partial charge in [0.15, 0.2) is 5.60 Å². The van der Waals surface area contributed by atoms with Crippen LogP contribution in [0.15, 0.2) is 72.9 Å². The van der Waals surface area contributed by atoms with Crippen molar-refractivity contribution in [2.45, 2.75) is 18.9 Å². The topological polar surface area (TPSA) is 92.0 Å². The van der Waals surface area contributed by atoms with Gasteiger partial charge < -0.3 is 9.51 Å². The normalized spacial score (nSPS) is 11.8. The number of pyridine rings is 1. The molecule has 0 radical (unpaired) electrons. The van der Waals surface area contributed by atoms with Crippen molar-refractivity contribution >= 4 is 17.2 Å². The first-order chi connectivity index (χ1) is 15.1. The molecule has 3 aromatic heterocycles. The van der Waals surface area contributed by atoms with Gasteiger partial charge in [0.1, 0.15) is 11.3 Å². The smallest absolute Gasteiger partial charge is 0.207 e. The number of aromatic nitrogens is 6. The SMILES string of the molecule is CCc1c(C(O)(c2ccccc2)c2ccccc2)nc2cc(Cl)c(-c3nn[nH]n3)cn12. The molecule has 0 atom stereocenters. The van der Waals surface area contributed by atoms with Crippen LogP contribution in [0.25, 0.3) is 17.0 Å². The molecule has 5 aromatic rings. The summed E-state index contributed by atoms with van der Waals surface area (Å²) in [6.45, 7) is 2.03. The lowest BCUT2D eigenvalue weighted by Crippen LogP contribution is -2.30. The van der Waals surface area contributed by atoms with Gasteiger partial charge in [-0.05, 0) is 22.8 Å². The second kappa shape index (κ2) is 7.61. The van der Waals surface area contributed by atoms with E-state index in [4.69, 9.17) is 16.6 Å². The summed E-state index contributed by atoms with van der Waals surface area (Å²) >= 11 is 6.51. The van der Waals surface area contributed by atoms with Crippen LogP contribution in [0.2, 0.25) is 5.02 Å². The summed E-state index contributed by atoms with van der Waals surface area (Å²) in [5, 5.41) is 26.8. The number of nitrogens with zero attached hydrogens (tertiary/aromatic N) is 5. The van der Waals surface area contributed by atoms with Gasteiger partial charge in [-0.15, -0.1) is 10.2 Å². The van der Waals surface area contributed by atoms with Gasteiger partial charge in [0, 0.05) is 18.0 Å². The molecule has 0 amide bonds. The minimum atomic E-state index is -1.43. The third kappa shape index (κ3) is 3.10. The van der Waals surface area contributed by atoms with E-state index in [2.05, 4.69) is 20.6 Å². The van der Waals surface area contributed by atoms with Crippen molar-refractivity contribution in [3.05, 3.63) is 100 Å². The van der Waals surface area contributed by atoms with Crippen LogP contribution in [-0.4, -0.2) is 35.1 Å². The molecule has 8 heteroatoms. The summed E-state index contributed by atoms with van der Waals surface area (Å²) in [6, 6.07) is 20.9. The van der Waals surface area contributed by atoms with Crippen molar-refractivity contribution in [3.63, 3.8) is 0 Å². The van der Waals surface area contributed by atoms with Gasteiger partial charge >= 0.3 is 0 Å². The third-order valence-electron chi connectivity index (χ3n) is 5.46. The maximum Gasteiger partial charge on any atom is 0.207 e. The number of imidazole rings is 1. The molecule has 5 rings (SSSR count). The monoisotopic (exact) mass is 430 g/mol. The first-order valence-corrected chi connectivity index (χ1v) is 10.3. The Morgan fingerprint density at radius 3 is 2.23 bits per heavy atom. The molecule has 31 heavy (non-hydrogen) atoms. The highest BCUT2D eigenvalue weighted by Crippen LogP contribution is 2.39. The Balaban J connectivity index is 1.81. The second-order valence-corrected chi connectivity index (χ2v) is 7.61. The number of nitrogens with one attached hydrogen (secondary N) is 1. The van der Waals surface area contributed by atoms with Crippen LogP contribution in [0.1, 0.15) is 29.4 Å². The van der Waals surface area contributed by atoms with E-state index in [9.17, 15) is 5.11 Å². The molecule has 2 aromatic carbocycles. The molecule has 0 unspecified atom stereocenters. The van der Waals surface area contributed by atoms with E-state index in [0.29, 0.717) is 34.2 Å². The number of benzene rings is 2. The van der Waals surface area contributed by atoms with E-state index >= 15 is 0 Å². The second-order valence-electron chi connectivity index (χ2n) is 7.20. The fourth-order valence-corrected chi connectivity index (χ4v) is 4.21. The van der Waals surface area contributed by atoms with Gasteiger partial charge in [-0.3, -0.25) is 0 Å². The quantitative estimate of drug-likeness (QED) is 0.439. The van der Waals surface area contributed by atoms with E-state index in [-0.39, 0.29) is 0 Å². The lowest BCUT2D eigenvalue weighted by molar-refractivity contribution is 0.120. The molecule has 0 saturated carbocycles. The Morgan fingerprint density at radius 1 is 1.03 bits per heavy atom. The van der Waals surface area contributed by atoms with Gasteiger partial charge in [0.05, 0.1) is 10.6 Å². The number of halogens is 1. The molecular formula is C23H19ClN6O. The van der Waals surface area contributed by atoms with Crippen LogP contribution < -0.4 is 0 Å². The standard InChI is InChI=1S/C23H19ClN6O/c1-2-19-21(23(31,15-9-5-3-6-10-15)16-11-7-4-8-12-16)25-20-13-18(24)17(14-30(19)20)22-26-28-29-27-22/h3-14,31H,2H2,1H3,(H,26,27,28,29). The Bertz CT molecular complexity index is 1290. The van der Waals surface area contributed by atoms with Crippen molar-refractivity contribution in [2.75, 3.05) is 0 Å². The number of aliphatic hydroxyl groups is 1. The van der Waals surface area contributed by atoms with E-state index in [1.807, 2.05) is 78.2 Å². The van der Waals surface area contributed by atoms with Gasteiger partial charge in [0.25, 0.3) is 0 Å². The molecule has 154 valence electrons. The molecule has 2 N–H and O–H groups in total. The average Bonchev–Trinajstić information content (AvgIpc) is 3.47. The van der Waals surface area contributed by atoms with Gasteiger partial charge in [0.2, 0.25) is 5.82 Å². The zero-order valence-electron chi connectivity index (χ0n) is 16.7. The highest BCUT2D eigenvalue weighted by atomic mass is 35.5. The molecule has 0 bridgehead atoms. The summed E-state index contributed by atoms with van der Waals surface area (Å²) in [6.07, 6.45) is 2.49. The maximum absolute atomic E-state index is 12.2. The number of aryl methyl sites for hydroxylation is 1. The minimum Gasteiger partial charge on any atom is -0.374 e. The van der Waals surface area contributed by atoms with Crippen molar-refractivity contribution in [1.29, 1.82) is 0 Å². The van der Waals surface area contributed by atoms with Crippen LogP contribution in [-0.2, 0) is 12.0 Å². The predicted molar refractivity (Wildman–Crippen MR) is 118 cm³/mol. The number of hydrogen-bond donors (Lipinski definition) is 2. The maximum atomic E-state index is 12.2. The van der Waals surface area contributed by atoms with Crippen molar-refractivity contribution in [3.8, 4) is 11.4 Å². The van der Waals surface area contributed by atoms with Crippen molar-refractivity contribution in [2.24, 2.45) is 0 Å². The summed E-state index contributed by atoms with van der Waals surface area (Å²) in [4.78, 5) is 4.86. The molecule has 0 aliphatic carbocycles. The van der Waals surface area contributed by atoms with Crippen LogP contribution in [0, 0.1) is 0 Å². The Morgan fingerprint density at radius 2 is 1.68 bits per heavy atom. The van der Waals surface area contributed by atoms with Crippen LogP contribution >= 0.6 is 11.6 Å². The zero-order chi connectivity index (χ0) is 21.4. The van der Waals surface area contributed by atoms with Gasteiger partial charge in [-0.25, -0.2) is 4.98 Å². The van der Waals surface area contributed by atoms with E-state index in [1.54, 1.807) is 6.07 Å². The highest BCUT2D eigenvalue weighted by molar-refractivity contribution is 6.33. The van der Waals surface area contributed by atoms with Gasteiger partial charge in [-0.2, -0.15) is 5.21 Å². The Labute approximate surface area is 183 Å². The fraction of sp³-hybridized carbons (Fsp3) is 0.130. The van der Waals surface area contributed by atoms with E-state index in [0.717, 1.165) is 16.8 Å². The van der Waals surface area contributed by atoms with E-state index in [1.165, 1.54) is 0 Å². The summed E-state index contributed by atoms with van der Waals surface area (Å²) < 4.78 is 1.93. The van der Waals surface area contributed by atoms with Crippen LogP contribution in [0.3, 0.4) is 0 Å². The molecule has 0 saturated heterocycles. The lowest BCUT2D eigenvalue weighted by atomic mass is 9.82. The minimum absolute atomic E-state index is 0.394. The number of rotatable bonds is 5. The van der Waals surface area contributed by atoms with Gasteiger partial charge in [-0.1, -0.05) is 79.2 Å². The number of fused-ring (bicyclic) bond motifs is 1. The summed E-state index contributed by atoms with van der Waals surface area (Å²) in [5.41, 5.74) is 2.74. The van der Waals surface area contributed by atoms with Crippen molar-refractivity contribution in [1.82, 2.24) is 30.0 Å². The lowest BCUT2D eigenvalue weighted by Gasteiger charge is -2.29. The molecule has 3 heterocycles. The number of H-pyrrole nitrogens is 1. The van der Waals surface area contributed by atoms with Crippen molar-refractivity contribution < 1.29 is 5.11 Å². The Kier molecular flexibility index (Phi) is 4.77. The molecule has 0 spiro atoms. The zero-order valence-corrected chi connectivity index (χ0v) is 17.5. The molecule has 0 aliphatic heterocycles. The first-order valence-electron chi connectivity index (χ1n) is 9.91. The van der Waals surface area contributed by atoms with Crippen LogP contribution in [0.5, 0.6) is 0 Å².